The van der Waals surface area contributed by atoms with Gasteiger partial charge >= 0.3 is 0 Å². The van der Waals surface area contributed by atoms with Crippen LogP contribution in [0.5, 0.6) is 0 Å². The Kier molecular flexibility index (Phi) is 5.71. The fourth-order valence-corrected chi connectivity index (χ4v) is 2.53. The number of rotatable bonds is 6. The predicted molar refractivity (Wildman–Crippen MR) is 98.5 cm³/mol. The number of benzene rings is 2. The van der Waals surface area contributed by atoms with Crippen LogP contribution in [0.4, 0.5) is 20.3 Å². The summed E-state index contributed by atoms with van der Waals surface area (Å²) in [7, 11) is 0. The van der Waals surface area contributed by atoms with E-state index in [2.05, 4.69) is 15.5 Å². The second-order valence-corrected chi connectivity index (χ2v) is 5.86. The number of nitrogens with zero attached hydrogens (tertiary/aromatic N) is 3. The third-order valence-corrected chi connectivity index (χ3v) is 3.96. The maximum absolute atomic E-state index is 13.7. The average molecular weight is 368 g/mol. The van der Waals surface area contributed by atoms with Gasteiger partial charge in [-0.15, -0.1) is 10.2 Å². The third kappa shape index (κ3) is 4.63. The number of aromatic nitrogens is 2. The molecule has 138 valence electrons. The van der Waals surface area contributed by atoms with E-state index in [-0.39, 0.29) is 23.1 Å². The Morgan fingerprint density at radius 2 is 1.81 bits per heavy atom. The average Bonchev–Trinajstić information content (AvgIpc) is 2.69. The first-order valence-electron chi connectivity index (χ1n) is 8.46. The van der Waals surface area contributed by atoms with Crippen molar-refractivity contribution in [3.05, 3.63) is 83.6 Å². The summed E-state index contributed by atoms with van der Waals surface area (Å²) in [5, 5.41) is 10.6. The van der Waals surface area contributed by atoms with Gasteiger partial charge in [-0.05, 0) is 36.8 Å². The van der Waals surface area contributed by atoms with Crippen molar-refractivity contribution in [2.24, 2.45) is 0 Å². The van der Waals surface area contributed by atoms with Crippen LogP contribution in [0.1, 0.15) is 23.0 Å². The number of carbonyl (C=O) groups excluding carboxylic acids is 1. The van der Waals surface area contributed by atoms with Crippen LogP contribution < -0.4 is 5.32 Å². The Labute approximate surface area is 155 Å². The van der Waals surface area contributed by atoms with Crippen molar-refractivity contribution in [1.82, 2.24) is 15.1 Å². The highest BCUT2D eigenvalue weighted by Crippen LogP contribution is 2.19. The van der Waals surface area contributed by atoms with E-state index in [4.69, 9.17) is 0 Å². The lowest BCUT2D eigenvalue weighted by molar-refractivity contribution is 0.0745. The Balaban J connectivity index is 1.70. The number of carbonyl (C=O) groups is 1. The molecule has 0 radical (unpaired) electrons. The fraction of sp³-hybridized carbons (Fsp3) is 0.150. The first-order chi connectivity index (χ1) is 13.1. The van der Waals surface area contributed by atoms with E-state index in [0.717, 1.165) is 17.7 Å². The zero-order valence-corrected chi connectivity index (χ0v) is 14.7. The van der Waals surface area contributed by atoms with Crippen LogP contribution in [0.15, 0.2) is 60.7 Å². The van der Waals surface area contributed by atoms with Gasteiger partial charge in [0.25, 0.3) is 5.91 Å². The minimum Gasteiger partial charge on any atom is -0.336 e. The van der Waals surface area contributed by atoms with Gasteiger partial charge in [-0.1, -0.05) is 30.3 Å². The molecule has 0 aliphatic heterocycles. The number of halogens is 2. The molecule has 1 aromatic heterocycles. The molecule has 1 amide bonds. The van der Waals surface area contributed by atoms with Crippen molar-refractivity contribution >= 4 is 17.4 Å². The molecule has 27 heavy (non-hydrogen) atoms. The molecule has 2 aromatic carbocycles. The molecule has 0 aliphatic carbocycles. The molecule has 0 aliphatic rings. The van der Waals surface area contributed by atoms with Crippen LogP contribution in [0.3, 0.4) is 0 Å². The number of nitrogens with one attached hydrogen (secondary N) is 1. The highest BCUT2D eigenvalue weighted by atomic mass is 19.1. The normalized spacial score (nSPS) is 10.5. The topological polar surface area (TPSA) is 58.1 Å². The molecule has 1 heterocycles. The number of anilines is 2. The van der Waals surface area contributed by atoms with E-state index in [9.17, 15) is 13.6 Å². The molecule has 5 nitrogen and oxygen atoms in total. The number of hydrogen-bond acceptors (Lipinski definition) is 4. The Hall–Kier alpha value is -3.35. The summed E-state index contributed by atoms with van der Waals surface area (Å²) in [5.74, 6) is -1.39. The van der Waals surface area contributed by atoms with Gasteiger partial charge in [0.15, 0.2) is 11.5 Å². The van der Waals surface area contributed by atoms with Gasteiger partial charge in [-0.2, -0.15) is 0 Å². The van der Waals surface area contributed by atoms with Gasteiger partial charge in [-0.3, -0.25) is 4.79 Å². The van der Waals surface area contributed by atoms with Gasteiger partial charge in [0, 0.05) is 19.2 Å². The van der Waals surface area contributed by atoms with Crippen LogP contribution in [0.25, 0.3) is 0 Å². The Bertz CT molecular complexity index is 917. The summed E-state index contributed by atoms with van der Waals surface area (Å²) in [5.41, 5.74) is 1.28. The summed E-state index contributed by atoms with van der Waals surface area (Å²) < 4.78 is 26.6. The Morgan fingerprint density at radius 1 is 1.04 bits per heavy atom. The van der Waals surface area contributed by atoms with Crippen molar-refractivity contribution in [1.29, 1.82) is 0 Å². The molecule has 3 aromatic rings. The van der Waals surface area contributed by atoms with Gasteiger partial charge in [0.1, 0.15) is 11.6 Å². The zero-order valence-electron chi connectivity index (χ0n) is 14.7. The fourth-order valence-electron chi connectivity index (χ4n) is 2.53. The second-order valence-electron chi connectivity index (χ2n) is 5.86. The molecule has 0 saturated heterocycles. The third-order valence-electron chi connectivity index (χ3n) is 3.96. The van der Waals surface area contributed by atoms with Crippen molar-refractivity contribution in [3.8, 4) is 0 Å². The standard InChI is InChI=1S/C20H18F2N4O/c1-2-26(13-14-6-4-3-5-7-14)20(27)18-10-11-19(25-24-18)23-17-9-8-15(21)12-16(17)22/h3-12H,2,13H2,1H3,(H,23,25). The van der Waals surface area contributed by atoms with Crippen LogP contribution >= 0.6 is 0 Å². The van der Waals surface area contributed by atoms with Crippen molar-refractivity contribution in [2.75, 3.05) is 11.9 Å². The molecular formula is C20H18F2N4O. The van der Waals surface area contributed by atoms with Gasteiger partial charge in [0.2, 0.25) is 0 Å². The number of amides is 1. The largest absolute Gasteiger partial charge is 0.336 e. The second kappa shape index (κ2) is 8.35. The van der Waals surface area contributed by atoms with Gasteiger partial charge < -0.3 is 10.2 Å². The van der Waals surface area contributed by atoms with Crippen LogP contribution in [0.2, 0.25) is 0 Å². The maximum Gasteiger partial charge on any atom is 0.274 e. The quantitative estimate of drug-likeness (QED) is 0.710. The predicted octanol–water partition coefficient (Wildman–Crippen LogP) is 4.16. The van der Waals surface area contributed by atoms with E-state index in [1.807, 2.05) is 37.3 Å². The van der Waals surface area contributed by atoms with E-state index in [1.165, 1.54) is 18.2 Å². The summed E-state index contributed by atoms with van der Waals surface area (Å²) in [6.07, 6.45) is 0. The van der Waals surface area contributed by atoms with Crippen molar-refractivity contribution in [3.63, 3.8) is 0 Å². The summed E-state index contributed by atoms with van der Waals surface area (Å²) >= 11 is 0. The molecule has 3 rings (SSSR count). The highest BCUT2D eigenvalue weighted by molar-refractivity contribution is 5.92. The summed E-state index contributed by atoms with van der Waals surface area (Å²) in [6.45, 7) is 2.89. The van der Waals surface area contributed by atoms with E-state index in [0.29, 0.717) is 13.1 Å². The molecule has 0 fully saturated rings. The molecule has 0 atom stereocenters. The summed E-state index contributed by atoms with van der Waals surface area (Å²) in [4.78, 5) is 14.3. The maximum atomic E-state index is 13.7. The minimum absolute atomic E-state index is 0.0732. The van der Waals surface area contributed by atoms with Gasteiger partial charge in [0.05, 0.1) is 5.69 Å². The first kappa shape index (κ1) is 18.4. The molecule has 7 heteroatoms. The monoisotopic (exact) mass is 368 g/mol. The van der Waals surface area contributed by atoms with Crippen LogP contribution in [-0.2, 0) is 6.54 Å². The van der Waals surface area contributed by atoms with Gasteiger partial charge in [-0.25, -0.2) is 8.78 Å². The molecule has 0 spiro atoms. The van der Waals surface area contributed by atoms with Crippen molar-refractivity contribution < 1.29 is 13.6 Å². The first-order valence-corrected chi connectivity index (χ1v) is 8.46. The van der Waals surface area contributed by atoms with E-state index >= 15 is 0 Å². The Morgan fingerprint density at radius 3 is 2.44 bits per heavy atom. The summed E-state index contributed by atoms with van der Waals surface area (Å²) in [6, 6.07) is 15.9. The van der Waals surface area contributed by atoms with Crippen LogP contribution in [-0.4, -0.2) is 27.5 Å². The molecule has 0 saturated carbocycles. The molecule has 0 unspecified atom stereocenters. The molecule has 0 bridgehead atoms. The smallest absolute Gasteiger partial charge is 0.274 e. The number of hydrogen-bond donors (Lipinski definition) is 1. The van der Waals surface area contributed by atoms with Crippen LogP contribution in [0, 0.1) is 11.6 Å². The molecular weight excluding hydrogens is 350 g/mol. The lowest BCUT2D eigenvalue weighted by atomic mass is 10.2. The lowest BCUT2D eigenvalue weighted by Crippen LogP contribution is -2.31. The van der Waals surface area contributed by atoms with E-state index < -0.39 is 11.6 Å². The van der Waals surface area contributed by atoms with E-state index in [1.54, 1.807) is 4.90 Å². The molecule has 1 N–H and O–H groups in total. The minimum atomic E-state index is -0.739. The zero-order chi connectivity index (χ0) is 19.2. The SMILES string of the molecule is CCN(Cc1ccccc1)C(=O)c1ccc(Nc2ccc(F)cc2F)nn1. The highest BCUT2D eigenvalue weighted by Gasteiger charge is 2.16. The lowest BCUT2D eigenvalue weighted by Gasteiger charge is -2.20. The van der Waals surface area contributed by atoms with Crippen molar-refractivity contribution in [2.45, 2.75) is 13.5 Å².